The average Bonchev–Trinajstić information content (AvgIpc) is 2.81. The maximum Gasteiger partial charge on any atom is 0.326 e. The number of aliphatic hydroxyl groups excluding tert-OH is 1. The van der Waals surface area contributed by atoms with E-state index in [-0.39, 0.29) is 12.6 Å². The van der Waals surface area contributed by atoms with Gasteiger partial charge in [0, 0.05) is 11.9 Å². The summed E-state index contributed by atoms with van der Waals surface area (Å²) in [4.78, 5) is 12.0. The molecule has 2 atom stereocenters. The molecule has 0 radical (unpaired) electrons. The lowest BCUT2D eigenvalue weighted by Crippen LogP contribution is -2.51. The highest BCUT2D eigenvalue weighted by Crippen LogP contribution is 2.38. The van der Waals surface area contributed by atoms with Gasteiger partial charge in [-0.15, -0.1) is 0 Å². The van der Waals surface area contributed by atoms with E-state index >= 15 is 0 Å². The topological polar surface area (TPSA) is 58.6 Å². The molecule has 5 heteroatoms. The predicted molar refractivity (Wildman–Crippen MR) is 74.8 cm³/mol. The minimum Gasteiger partial charge on any atom is -0.468 e. The van der Waals surface area contributed by atoms with Crippen LogP contribution in [0, 0.1) is 0 Å². The van der Waals surface area contributed by atoms with E-state index in [1.54, 1.807) is 0 Å². The molecule has 0 heterocycles. The van der Waals surface area contributed by atoms with E-state index in [2.05, 4.69) is 12.2 Å². The molecule has 0 aromatic carbocycles. The summed E-state index contributed by atoms with van der Waals surface area (Å²) >= 11 is 1.86. The molecule has 1 aliphatic rings. The number of esters is 1. The van der Waals surface area contributed by atoms with Gasteiger partial charge in [0.25, 0.3) is 0 Å². The molecular weight excluding hydrogens is 250 g/mol. The fourth-order valence-electron chi connectivity index (χ4n) is 2.43. The Morgan fingerprint density at radius 3 is 3.00 bits per heavy atom. The van der Waals surface area contributed by atoms with Crippen molar-refractivity contribution in [2.75, 3.05) is 26.0 Å². The van der Waals surface area contributed by atoms with Gasteiger partial charge in [0.1, 0.15) is 5.54 Å². The lowest BCUT2D eigenvalue weighted by atomic mass is 9.97. The Morgan fingerprint density at radius 2 is 2.39 bits per heavy atom. The van der Waals surface area contributed by atoms with Crippen LogP contribution in [0.15, 0.2) is 0 Å². The van der Waals surface area contributed by atoms with Gasteiger partial charge >= 0.3 is 5.97 Å². The standard InChI is InChI=1S/C13H25NO3S/c1-3-7-14-13(12(16)17-2)6-5-11(10-13)18-9-4-8-15/h11,14-15H,3-10H2,1-2H3. The number of aliphatic hydroxyl groups is 1. The number of nitrogens with one attached hydrogen (secondary N) is 1. The highest BCUT2D eigenvalue weighted by Gasteiger charge is 2.45. The summed E-state index contributed by atoms with van der Waals surface area (Å²) in [6.45, 7) is 3.19. The zero-order valence-electron chi connectivity index (χ0n) is 11.4. The van der Waals surface area contributed by atoms with Crippen LogP contribution in [-0.2, 0) is 9.53 Å². The average molecular weight is 275 g/mol. The molecule has 2 N–H and O–H groups in total. The number of hydrogen-bond donors (Lipinski definition) is 2. The molecule has 0 amide bonds. The van der Waals surface area contributed by atoms with Crippen molar-refractivity contribution < 1.29 is 14.6 Å². The summed E-state index contributed by atoms with van der Waals surface area (Å²) in [6, 6.07) is 0. The molecule has 0 aromatic rings. The zero-order chi connectivity index (χ0) is 13.4. The van der Waals surface area contributed by atoms with Crippen molar-refractivity contribution in [3.8, 4) is 0 Å². The van der Waals surface area contributed by atoms with Gasteiger partial charge in [0.15, 0.2) is 0 Å². The number of rotatable bonds is 8. The van der Waals surface area contributed by atoms with E-state index in [1.165, 1.54) is 7.11 Å². The number of thioether (sulfide) groups is 1. The largest absolute Gasteiger partial charge is 0.468 e. The number of methoxy groups -OCH3 is 1. The minimum absolute atomic E-state index is 0.124. The second kappa shape index (κ2) is 8.02. The molecule has 0 aliphatic heterocycles. The van der Waals surface area contributed by atoms with Gasteiger partial charge in [-0.2, -0.15) is 11.8 Å². The summed E-state index contributed by atoms with van der Waals surface area (Å²) in [7, 11) is 1.46. The Morgan fingerprint density at radius 1 is 1.61 bits per heavy atom. The van der Waals surface area contributed by atoms with E-state index in [1.807, 2.05) is 11.8 Å². The summed E-state index contributed by atoms with van der Waals surface area (Å²) in [5.41, 5.74) is -0.471. The molecule has 1 rings (SSSR count). The smallest absolute Gasteiger partial charge is 0.326 e. The Kier molecular flexibility index (Phi) is 7.04. The summed E-state index contributed by atoms with van der Waals surface area (Å²) in [5.74, 6) is 0.841. The number of ether oxygens (including phenoxy) is 1. The van der Waals surface area contributed by atoms with Crippen molar-refractivity contribution in [2.24, 2.45) is 0 Å². The van der Waals surface area contributed by atoms with Crippen LogP contribution >= 0.6 is 11.8 Å². The van der Waals surface area contributed by atoms with Crippen molar-refractivity contribution in [3.05, 3.63) is 0 Å². The summed E-state index contributed by atoms with van der Waals surface area (Å²) < 4.78 is 4.96. The molecule has 0 spiro atoms. The van der Waals surface area contributed by atoms with Crippen molar-refractivity contribution in [2.45, 2.75) is 49.8 Å². The Balaban J connectivity index is 2.51. The molecule has 0 aromatic heterocycles. The van der Waals surface area contributed by atoms with E-state index < -0.39 is 5.54 Å². The van der Waals surface area contributed by atoms with Crippen LogP contribution < -0.4 is 5.32 Å². The van der Waals surface area contributed by atoms with Crippen LogP contribution in [0.25, 0.3) is 0 Å². The fraction of sp³-hybridized carbons (Fsp3) is 0.923. The van der Waals surface area contributed by atoms with Gasteiger partial charge in [0.05, 0.1) is 7.11 Å². The van der Waals surface area contributed by atoms with Crippen molar-refractivity contribution in [3.63, 3.8) is 0 Å². The Labute approximate surface area is 114 Å². The van der Waals surface area contributed by atoms with Crippen LogP contribution in [0.2, 0.25) is 0 Å². The molecule has 1 fully saturated rings. The number of carbonyl (C=O) groups is 1. The third kappa shape index (κ3) is 4.14. The van der Waals surface area contributed by atoms with Crippen molar-refractivity contribution >= 4 is 17.7 Å². The zero-order valence-corrected chi connectivity index (χ0v) is 12.2. The van der Waals surface area contributed by atoms with Crippen LogP contribution in [-0.4, -0.2) is 47.9 Å². The van der Waals surface area contributed by atoms with Crippen LogP contribution in [0.1, 0.15) is 39.0 Å². The third-order valence-electron chi connectivity index (χ3n) is 3.41. The highest BCUT2D eigenvalue weighted by molar-refractivity contribution is 7.99. The molecule has 4 nitrogen and oxygen atoms in total. The SMILES string of the molecule is CCCNC1(C(=O)OC)CCC(SCCCO)C1. The minimum atomic E-state index is -0.471. The van der Waals surface area contributed by atoms with Gasteiger partial charge in [-0.05, 0) is 44.4 Å². The number of carbonyl (C=O) groups excluding carboxylic acids is 1. The maximum absolute atomic E-state index is 12.0. The first kappa shape index (κ1) is 15.8. The first-order valence-corrected chi connectivity index (χ1v) is 7.79. The summed E-state index contributed by atoms with van der Waals surface area (Å²) in [6.07, 6.45) is 4.59. The molecule has 106 valence electrons. The first-order chi connectivity index (χ1) is 8.68. The van der Waals surface area contributed by atoms with E-state index in [0.717, 1.165) is 44.4 Å². The molecule has 1 saturated carbocycles. The quantitative estimate of drug-likeness (QED) is 0.520. The third-order valence-corrected chi connectivity index (χ3v) is 4.81. The van der Waals surface area contributed by atoms with Gasteiger partial charge < -0.3 is 15.2 Å². The maximum atomic E-state index is 12.0. The van der Waals surface area contributed by atoms with E-state index in [4.69, 9.17) is 9.84 Å². The van der Waals surface area contributed by atoms with Crippen LogP contribution in [0.3, 0.4) is 0 Å². The molecule has 18 heavy (non-hydrogen) atoms. The lowest BCUT2D eigenvalue weighted by molar-refractivity contribution is -0.148. The first-order valence-electron chi connectivity index (χ1n) is 6.74. The van der Waals surface area contributed by atoms with Crippen molar-refractivity contribution in [1.29, 1.82) is 0 Å². The fourth-order valence-corrected chi connectivity index (χ4v) is 3.75. The molecule has 0 bridgehead atoms. The number of hydrogen-bond acceptors (Lipinski definition) is 5. The molecule has 2 unspecified atom stereocenters. The lowest BCUT2D eigenvalue weighted by Gasteiger charge is -2.27. The molecular formula is C13H25NO3S. The molecule has 1 aliphatic carbocycles. The monoisotopic (exact) mass is 275 g/mol. The van der Waals surface area contributed by atoms with E-state index in [9.17, 15) is 4.79 Å². The second-order valence-corrected chi connectivity index (χ2v) is 6.22. The molecule has 0 saturated heterocycles. The van der Waals surface area contributed by atoms with Gasteiger partial charge in [-0.25, -0.2) is 0 Å². The summed E-state index contributed by atoms with van der Waals surface area (Å²) in [5, 5.41) is 12.7. The second-order valence-electron chi connectivity index (χ2n) is 4.81. The van der Waals surface area contributed by atoms with Gasteiger partial charge in [0.2, 0.25) is 0 Å². The van der Waals surface area contributed by atoms with Gasteiger partial charge in [-0.3, -0.25) is 4.79 Å². The van der Waals surface area contributed by atoms with Gasteiger partial charge in [-0.1, -0.05) is 6.92 Å². The van der Waals surface area contributed by atoms with Crippen molar-refractivity contribution in [1.82, 2.24) is 5.32 Å². The Bertz CT molecular complexity index is 263. The van der Waals surface area contributed by atoms with E-state index in [0.29, 0.717) is 5.25 Å². The predicted octanol–water partition coefficient (Wildman–Crippen LogP) is 1.57. The highest BCUT2D eigenvalue weighted by atomic mass is 32.2. The van der Waals surface area contributed by atoms with Crippen LogP contribution in [0.5, 0.6) is 0 Å². The van der Waals surface area contributed by atoms with Crippen LogP contribution in [0.4, 0.5) is 0 Å². The normalized spacial score (nSPS) is 27.4. The Hall–Kier alpha value is -0.260.